The highest BCUT2D eigenvalue weighted by Crippen LogP contribution is 2.18. The van der Waals surface area contributed by atoms with Gasteiger partial charge in [0.05, 0.1) is 29.6 Å². The molecule has 0 aliphatic rings. The van der Waals surface area contributed by atoms with Crippen LogP contribution >= 0.6 is 0 Å². The van der Waals surface area contributed by atoms with E-state index < -0.39 is 6.04 Å². The molecule has 7 nitrogen and oxygen atoms in total. The van der Waals surface area contributed by atoms with Crippen LogP contribution in [0.5, 0.6) is 0 Å². The number of hydrogen-bond donors (Lipinski definition) is 1. The van der Waals surface area contributed by atoms with E-state index in [2.05, 4.69) is 5.32 Å². The minimum Gasteiger partial charge on any atom is -0.463 e. The zero-order chi connectivity index (χ0) is 21.7. The highest BCUT2D eigenvalue weighted by Gasteiger charge is 2.20. The van der Waals surface area contributed by atoms with Gasteiger partial charge in [-0.15, -0.1) is 0 Å². The van der Waals surface area contributed by atoms with Crippen LogP contribution in [0.3, 0.4) is 0 Å². The smallest absolute Gasteiger partial charge is 0.328 e. The second-order valence-electron chi connectivity index (χ2n) is 7.51. The van der Waals surface area contributed by atoms with E-state index in [0.29, 0.717) is 0 Å². The van der Waals surface area contributed by atoms with Gasteiger partial charge >= 0.3 is 11.7 Å². The zero-order valence-corrected chi connectivity index (χ0v) is 17.5. The molecule has 3 aromatic rings. The summed E-state index contributed by atoms with van der Waals surface area (Å²) in [7, 11) is 1.72. The maximum absolute atomic E-state index is 12.7. The molecular weight excluding hydrogens is 382 g/mol. The standard InChI is InChI=1S/C23H27N3O4/c1-16(2)30-22(28)15-18(17-9-5-4-6-10-17)24-21(27)13-14-26-20-12-8-7-11-19(20)25(3)23(26)29/h4-12,16,18H,13-15H2,1-3H3,(H,24,27)/t18-/m0/s1. The van der Waals surface area contributed by atoms with Crippen LogP contribution in [-0.4, -0.2) is 27.1 Å². The SMILES string of the molecule is CC(C)OC(=O)C[C@H](NC(=O)CCn1c(=O)n(C)c2ccccc21)c1ccccc1. The lowest BCUT2D eigenvalue weighted by Gasteiger charge is -2.19. The van der Waals surface area contributed by atoms with Crippen molar-refractivity contribution >= 4 is 22.9 Å². The second kappa shape index (κ2) is 9.43. The Morgan fingerprint density at radius 3 is 2.30 bits per heavy atom. The molecule has 3 rings (SSSR count). The monoisotopic (exact) mass is 409 g/mol. The fourth-order valence-corrected chi connectivity index (χ4v) is 3.47. The number of hydrogen-bond acceptors (Lipinski definition) is 4. The topological polar surface area (TPSA) is 82.3 Å². The average Bonchev–Trinajstić information content (AvgIpc) is 2.96. The van der Waals surface area contributed by atoms with Crippen LogP contribution < -0.4 is 11.0 Å². The van der Waals surface area contributed by atoms with Gasteiger partial charge in [0.1, 0.15) is 0 Å². The lowest BCUT2D eigenvalue weighted by Crippen LogP contribution is -2.32. The molecule has 0 aliphatic carbocycles. The fraction of sp³-hybridized carbons (Fsp3) is 0.348. The third-order valence-corrected chi connectivity index (χ3v) is 4.89. The zero-order valence-electron chi connectivity index (χ0n) is 17.5. The number of nitrogens with zero attached hydrogens (tertiary/aromatic N) is 2. The number of carbonyl (C=O) groups is 2. The quantitative estimate of drug-likeness (QED) is 0.580. The van der Waals surface area contributed by atoms with Crippen molar-refractivity contribution in [1.29, 1.82) is 0 Å². The molecule has 0 saturated heterocycles. The molecule has 1 aromatic heterocycles. The summed E-state index contributed by atoms with van der Waals surface area (Å²) in [5.41, 5.74) is 2.28. The van der Waals surface area contributed by atoms with Gasteiger partial charge in [0, 0.05) is 20.0 Å². The normalized spacial score (nSPS) is 12.1. The summed E-state index contributed by atoms with van der Waals surface area (Å²) >= 11 is 0. The number of para-hydroxylation sites is 2. The van der Waals surface area contributed by atoms with Gasteiger partial charge in [0.15, 0.2) is 0 Å². The van der Waals surface area contributed by atoms with Crippen molar-refractivity contribution < 1.29 is 14.3 Å². The Labute approximate surface area is 175 Å². The Hall–Kier alpha value is -3.35. The van der Waals surface area contributed by atoms with Crippen LogP contribution in [0.4, 0.5) is 0 Å². The summed E-state index contributed by atoms with van der Waals surface area (Å²) in [5, 5.41) is 2.92. The maximum atomic E-state index is 12.7. The summed E-state index contributed by atoms with van der Waals surface area (Å²) in [4.78, 5) is 37.4. The number of carbonyl (C=O) groups excluding carboxylic acids is 2. The molecule has 1 heterocycles. The number of aromatic nitrogens is 2. The largest absolute Gasteiger partial charge is 0.463 e. The summed E-state index contributed by atoms with van der Waals surface area (Å²) < 4.78 is 8.41. The maximum Gasteiger partial charge on any atom is 0.328 e. The van der Waals surface area contributed by atoms with Crippen molar-refractivity contribution in [2.45, 2.75) is 45.4 Å². The predicted octanol–water partition coefficient (Wildman–Crippen LogP) is 2.93. The average molecular weight is 409 g/mol. The molecule has 0 unspecified atom stereocenters. The lowest BCUT2D eigenvalue weighted by molar-refractivity contribution is -0.148. The van der Waals surface area contributed by atoms with E-state index in [1.807, 2.05) is 54.6 Å². The summed E-state index contributed by atoms with van der Waals surface area (Å²) in [6.45, 7) is 3.83. The lowest BCUT2D eigenvalue weighted by atomic mass is 10.0. The second-order valence-corrected chi connectivity index (χ2v) is 7.51. The Morgan fingerprint density at radius 1 is 1.00 bits per heavy atom. The minimum absolute atomic E-state index is 0.0438. The number of amides is 1. The van der Waals surface area contributed by atoms with Gasteiger partial charge in [0.25, 0.3) is 0 Å². The Balaban J connectivity index is 1.71. The van der Waals surface area contributed by atoms with Gasteiger partial charge in [-0.1, -0.05) is 42.5 Å². The molecule has 158 valence electrons. The molecule has 0 saturated carbocycles. The number of aryl methyl sites for hydroxylation is 2. The third-order valence-electron chi connectivity index (χ3n) is 4.89. The van der Waals surface area contributed by atoms with Crippen molar-refractivity contribution in [3.05, 3.63) is 70.6 Å². The van der Waals surface area contributed by atoms with Crippen molar-refractivity contribution in [2.24, 2.45) is 7.05 Å². The summed E-state index contributed by atoms with van der Waals surface area (Å²) in [6, 6.07) is 16.3. The van der Waals surface area contributed by atoms with Gasteiger partial charge < -0.3 is 10.1 Å². The van der Waals surface area contributed by atoms with Gasteiger partial charge in [0.2, 0.25) is 5.91 Å². The first kappa shape index (κ1) is 21.4. The number of esters is 1. The third kappa shape index (κ3) is 4.97. The number of benzene rings is 2. The number of rotatable bonds is 8. The summed E-state index contributed by atoms with van der Waals surface area (Å²) in [5.74, 6) is -0.606. The number of ether oxygens (including phenoxy) is 1. The molecule has 7 heteroatoms. The van der Waals surface area contributed by atoms with E-state index >= 15 is 0 Å². The van der Waals surface area contributed by atoms with Crippen LogP contribution in [0.25, 0.3) is 11.0 Å². The molecular formula is C23H27N3O4. The molecule has 0 fully saturated rings. The molecule has 0 bridgehead atoms. The summed E-state index contributed by atoms with van der Waals surface area (Å²) in [6.07, 6.45) is -0.0543. The molecule has 0 spiro atoms. The van der Waals surface area contributed by atoms with E-state index in [1.165, 1.54) is 0 Å². The van der Waals surface area contributed by atoms with Crippen molar-refractivity contribution in [3.8, 4) is 0 Å². The van der Waals surface area contributed by atoms with Crippen molar-refractivity contribution in [2.75, 3.05) is 0 Å². The van der Waals surface area contributed by atoms with Gasteiger partial charge in [-0.25, -0.2) is 4.79 Å². The Kier molecular flexibility index (Phi) is 6.72. The number of fused-ring (bicyclic) bond motifs is 1. The molecule has 0 radical (unpaired) electrons. The van der Waals surface area contributed by atoms with Crippen LogP contribution in [0.2, 0.25) is 0 Å². The molecule has 2 aromatic carbocycles. The van der Waals surface area contributed by atoms with Gasteiger partial charge in [-0.3, -0.25) is 18.7 Å². The molecule has 30 heavy (non-hydrogen) atoms. The van der Waals surface area contributed by atoms with Crippen molar-refractivity contribution in [3.63, 3.8) is 0 Å². The van der Waals surface area contributed by atoms with Gasteiger partial charge in [-0.2, -0.15) is 0 Å². The first-order chi connectivity index (χ1) is 14.4. The van der Waals surface area contributed by atoms with Crippen LogP contribution in [0, 0.1) is 0 Å². The molecule has 1 N–H and O–H groups in total. The Morgan fingerprint density at radius 2 is 1.63 bits per heavy atom. The molecule has 1 amide bonds. The number of nitrogens with one attached hydrogen (secondary N) is 1. The van der Waals surface area contributed by atoms with Crippen LogP contribution in [-0.2, 0) is 27.9 Å². The molecule has 1 atom stereocenters. The van der Waals surface area contributed by atoms with Crippen LogP contribution in [0.15, 0.2) is 59.4 Å². The number of imidazole rings is 1. The molecule has 0 aliphatic heterocycles. The van der Waals surface area contributed by atoms with E-state index in [0.717, 1.165) is 16.6 Å². The fourth-order valence-electron chi connectivity index (χ4n) is 3.47. The minimum atomic E-state index is -0.491. The first-order valence-corrected chi connectivity index (χ1v) is 10.0. The van der Waals surface area contributed by atoms with E-state index in [4.69, 9.17) is 4.74 Å². The van der Waals surface area contributed by atoms with Crippen molar-refractivity contribution in [1.82, 2.24) is 14.5 Å². The first-order valence-electron chi connectivity index (χ1n) is 10.0. The van der Waals surface area contributed by atoms with E-state index in [1.54, 1.807) is 30.0 Å². The predicted molar refractivity (Wildman–Crippen MR) is 115 cm³/mol. The van der Waals surface area contributed by atoms with E-state index in [9.17, 15) is 14.4 Å². The van der Waals surface area contributed by atoms with Gasteiger partial charge in [-0.05, 0) is 31.5 Å². The Bertz CT molecular complexity index is 1080. The highest BCUT2D eigenvalue weighted by molar-refractivity contribution is 5.79. The highest BCUT2D eigenvalue weighted by atomic mass is 16.5. The van der Waals surface area contributed by atoms with E-state index in [-0.39, 0.29) is 43.1 Å². The van der Waals surface area contributed by atoms with Crippen LogP contribution in [0.1, 0.15) is 38.3 Å².